The van der Waals surface area contributed by atoms with E-state index in [1.54, 1.807) is 36.4 Å². The van der Waals surface area contributed by atoms with Gasteiger partial charge in [-0.1, -0.05) is 29.8 Å². The van der Waals surface area contributed by atoms with Crippen LogP contribution in [0.4, 0.5) is 11.4 Å². The minimum Gasteiger partial charge on any atom is -0.452 e. The number of benzene rings is 2. The summed E-state index contributed by atoms with van der Waals surface area (Å²) in [5.74, 6) is -1.48. The molecule has 1 N–H and O–H groups in total. The highest BCUT2D eigenvalue weighted by Crippen LogP contribution is 2.56. The van der Waals surface area contributed by atoms with Crippen molar-refractivity contribution in [1.29, 1.82) is 0 Å². The van der Waals surface area contributed by atoms with Crippen LogP contribution in [0.3, 0.4) is 0 Å². The Kier molecular flexibility index (Phi) is 5.21. The second kappa shape index (κ2) is 8.06. The van der Waals surface area contributed by atoms with Gasteiger partial charge in [-0.2, -0.15) is 0 Å². The fourth-order valence-corrected chi connectivity index (χ4v) is 5.58. The van der Waals surface area contributed by atoms with Crippen molar-refractivity contribution in [3.8, 4) is 0 Å². The summed E-state index contributed by atoms with van der Waals surface area (Å²) < 4.78 is 5.11. The largest absolute Gasteiger partial charge is 0.452 e. The fourth-order valence-electron chi connectivity index (χ4n) is 5.40. The average molecular weight is 453 g/mol. The minimum atomic E-state index is -0.722. The second-order valence-corrected chi connectivity index (χ2v) is 8.96. The Balaban J connectivity index is 1.26. The van der Waals surface area contributed by atoms with Gasteiger partial charge in [0.1, 0.15) is 0 Å². The summed E-state index contributed by atoms with van der Waals surface area (Å²) in [6.45, 7) is -0.497. The van der Waals surface area contributed by atoms with Crippen LogP contribution >= 0.6 is 11.6 Å². The van der Waals surface area contributed by atoms with E-state index in [9.17, 15) is 19.2 Å². The van der Waals surface area contributed by atoms with E-state index in [4.69, 9.17) is 16.3 Å². The van der Waals surface area contributed by atoms with Crippen LogP contribution in [0.2, 0.25) is 5.02 Å². The lowest BCUT2D eigenvalue weighted by molar-refractivity contribution is -0.123. The molecule has 8 heteroatoms. The number of amides is 3. The number of fused-ring (bicyclic) bond motifs is 5. The van der Waals surface area contributed by atoms with E-state index in [-0.39, 0.29) is 41.0 Å². The number of nitrogens with one attached hydrogen (secondary N) is 1. The molecule has 3 aliphatic rings. The van der Waals surface area contributed by atoms with E-state index in [0.29, 0.717) is 16.4 Å². The molecular weight excluding hydrogens is 432 g/mol. The first-order valence-electron chi connectivity index (χ1n) is 10.6. The summed E-state index contributed by atoms with van der Waals surface area (Å²) in [4.78, 5) is 51.8. The zero-order chi connectivity index (χ0) is 22.4. The third-order valence-electron chi connectivity index (χ3n) is 6.75. The first-order valence-corrected chi connectivity index (χ1v) is 11.0. The van der Waals surface area contributed by atoms with Crippen molar-refractivity contribution in [2.75, 3.05) is 16.8 Å². The summed E-state index contributed by atoms with van der Waals surface area (Å²) in [7, 11) is 0. The van der Waals surface area contributed by atoms with Crippen molar-refractivity contribution >= 4 is 46.7 Å². The topological polar surface area (TPSA) is 92.8 Å². The highest BCUT2D eigenvalue weighted by Gasteiger charge is 2.61. The van der Waals surface area contributed by atoms with Crippen molar-refractivity contribution in [1.82, 2.24) is 0 Å². The Hall–Kier alpha value is -3.19. The molecule has 2 aromatic rings. The van der Waals surface area contributed by atoms with Gasteiger partial charge in [-0.3, -0.25) is 19.3 Å². The molecule has 0 aromatic heterocycles. The quantitative estimate of drug-likeness (QED) is 0.552. The van der Waals surface area contributed by atoms with Gasteiger partial charge in [0, 0.05) is 0 Å². The van der Waals surface area contributed by atoms with E-state index in [1.807, 2.05) is 0 Å². The average Bonchev–Trinajstić information content (AvgIpc) is 3.47. The predicted octanol–water partition coefficient (Wildman–Crippen LogP) is 3.67. The molecule has 0 unspecified atom stereocenters. The maximum Gasteiger partial charge on any atom is 0.338 e. The Morgan fingerprint density at radius 3 is 2.38 bits per heavy atom. The number of rotatable bonds is 5. The van der Waals surface area contributed by atoms with Gasteiger partial charge < -0.3 is 10.1 Å². The van der Waals surface area contributed by atoms with Gasteiger partial charge in [0.05, 0.1) is 33.8 Å². The molecule has 4 atom stereocenters. The molecule has 1 aliphatic heterocycles. The van der Waals surface area contributed by atoms with E-state index in [2.05, 4.69) is 5.32 Å². The van der Waals surface area contributed by atoms with E-state index in [1.165, 1.54) is 17.0 Å². The van der Waals surface area contributed by atoms with Gasteiger partial charge >= 0.3 is 5.97 Å². The Morgan fingerprint density at radius 1 is 1.00 bits per heavy atom. The number of esters is 1. The van der Waals surface area contributed by atoms with Gasteiger partial charge in [-0.05, 0) is 61.4 Å². The van der Waals surface area contributed by atoms with Crippen LogP contribution in [-0.4, -0.2) is 30.3 Å². The lowest BCUT2D eigenvalue weighted by Crippen LogP contribution is -2.32. The zero-order valence-electron chi connectivity index (χ0n) is 17.1. The number of anilines is 2. The summed E-state index contributed by atoms with van der Waals surface area (Å²) in [6, 6.07) is 12.9. The zero-order valence-corrected chi connectivity index (χ0v) is 17.9. The van der Waals surface area contributed by atoms with E-state index in [0.717, 1.165) is 19.3 Å². The van der Waals surface area contributed by atoms with E-state index >= 15 is 0 Å². The third-order valence-corrected chi connectivity index (χ3v) is 7.08. The highest BCUT2D eigenvalue weighted by atomic mass is 35.5. The number of ether oxygens (including phenoxy) is 1. The number of halogens is 1. The van der Waals surface area contributed by atoms with Gasteiger partial charge in [0.15, 0.2) is 6.61 Å². The molecular formula is C24H21ClN2O5. The van der Waals surface area contributed by atoms with Crippen molar-refractivity contribution in [2.24, 2.45) is 23.7 Å². The molecule has 32 heavy (non-hydrogen) atoms. The maximum atomic E-state index is 13.0. The third kappa shape index (κ3) is 3.46. The van der Waals surface area contributed by atoms with Crippen LogP contribution in [0, 0.1) is 23.7 Å². The van der Waals surface area contributed by atoms with Gasteiger partial charge in [0.25, 0.3) is 5.91 Å². The van der Waals surface area contributed by atoms with Crippen LogP contribution in [0.1, 0.15) is 29.6 Å². The molecule has 1 saturated heterocycles. The molecule has 7 nitrogen and oxygen atoms in total. The second-order valence-electron chi connectivity index (χ2n) is 8.55. The monoisotopic (exact) mass is 452 g/mol. The number of carbonyl (C=O) groups is 4. The number of hydrogen-bond donors (Lipinski definition) is 1. The molecule has 164 valence electrons. The molecule has 0 radical (unpaired) electrons. The number of para-hydroxylation sites is 1. The number of imide groups is 1. The molecule has 0 spiro atoms. The van der Waals surface area contributed by atoms with Crippen LogP contribution in [0.25, 0.3) is 0 Å². The number of nitrogens with zero attached hydrogens (tertiary/aromatic N) is 1. The molecule has 3 fully saturated rings. The van der Waals surface area contributed by atoms with Crippen LogP contribution in [-0.2, 0) is 19.1 Å². The summed E-state index contributed by atoms with van der Waals surface area (Å²) in [5.41, 5.74) is 0.945. The Morgan fingerprint density at radius 2 is 1.69 bits per heavy atom. The minimum absolute atomic E-state index is 0.161. The van der Waals surface area contributed by atoms with Crippen molar-refractivity contribution < 1.29 is 23.9 Å². The molecule has 1 heterocycles. The highest BCUT2D eigenvalue weighted by molar-refractivity contribution is 6.33. The Labute approximate surface area is 189 Å². The van der Waals surface area contributed by atoms with Crippen molar-refractivity contribution in [3.05, 3.63) is 59.1 Å². The van der Waals surface area contributed by atoms with Gasteiger partial charge in [-0.15, -0.1) is 0 Å². The SMILES string of the molecule is O=C(COC(=O)c1cccc(N2C(=O)[C@@H]3[C@H]4CC[C@@H](C4)[C@@H]3C2=O)c1)Nc1ccccc1Cl. The number of carbonyl (C=O) groups excluding carboxylic acids is 4. The summed E-state index contributed by atoms with van der Waals surface area (Å²) >= 11 is 6.00. The molecule has 3 amide bonds. The molecule has 5 rings (SSSR count). The van der Waals surface area contributed by atoms with E-state index < -0.39 is 18.5 Å². The van der Waals surface area contributed by atoms with Crippen LogP contribution in [0.15, 0.2) is 48.5 Å². The fraction of sp³-hybridized carbons (Fsp3) is 0.333. The molecule has 2 aromatic carbocycles. The predicted molar refractivity (Wildman–Crippen MR) is 117 cm³/mol. The molecule has 2 bridgehead atoms. The Bertz CT molecular complexity index is 1100. The lowest BCUT2D eigenvalue weighted by Gasteiger charge is -2.19. The van der Waals surface area contributed by atoms with Crippen LogP contribution in [0.5, 0.6) is 0 Å². The smallest absolute Gasteiger partial charge is 0.338 e. The van der Waals surface area contributed by atoms with Crippen molar-refractivity contribution in [2.45, 2.75) is 19.3 Å². The first-order chi connectivity index (χ1) is 15.4. The standard InChI is InChI=1S/C24H21ClN2O5/c25-17-6-1-2-7-18(17)26-19(28)12-32-24(31)15-4-3-5-16(11-15)27-22(29)20-13-8-9-14(10-13)21(20)23(27)30/h1-7,11,13-14,20-21H,8-10,12H2,(H,26,28)/t13-,14-,20-,21+/m0/s1. The van der Waals surface area contributed by atoms with Crippen molar-refractivity contribution in [3.63, 3.8) is 0 Å². The summed E-state index contributed by atoms with van der Waals surface area (Å²) in [5, 5.41) is 2.95. The van der Waals surface area contributed by atoms with Gasteiger partial charge in [-0.25, -0.2) is 4.79 Å². The number of hydrogen-bond acceptors (Lipinski definition) is 5. The maximum absolute atomic E-state index is 13.0. The van der Waals surface area contributed by atoms with Gasteiger partial charge in [0.2, 0.25) is 11.8 Å². The first kappa shape index (κ1) is 20.7. The normalized spacial score (nSPS) is 25.7. The lowest BCUT2D eigenvalue weighted by atomic mass is 9.81. The van der Waals surface area contributed by atoms with Crippen LogP contribution < -0.4 is 10.2 Å². The molecule has 2 saturated carbocycles. The molecule has 2 aliphatic carbocycles. The summed E-state index contributed by atoms with van der Waals surface area (Å²) in [6.07, 6.45) is 2.96.